The fraction of sp³-hybridized carbons (Fsp3) is 0.667. The van der Waals surface area contributed by atoms with Crippen LogP contribution in [0.4, 0.5) is 4.79 Å². The van der Waals surface area contributed by atoms with Gasteiger partial charge in [0.25, 0.3) is 5.91 Å². The monoisotopic (exact) mass is 307 g/mol. The van der Waals surface area contributed by atoms with E-state index >= 15 is 0 Å². The molecule has 1 aliphatic heterocycles. The molecule has 1 aromatic rings. The molecule has 1 aliphatic carbocycles. The fourth-order valence-electron chi connectivity index (χ4n) is 2.35. The van der Waals surface area contributed by atoms with Crippen molar-refractivity contribution in [2.45, 2.75) is 58.2 Å². The summed E-state index contributed by atoms with van der Waals surface area (Å²) >= 11 is 0. The Morgan fingerprint density at radius 2 is 2.09 bits per heavy atom. The summed E-state index contributed by atoms with van der Waals surface area (Å²) in [4.78, 5) is 25.9. The summed E-state index contributed by atoms with van der Waals surface area (Å²) in [6.07, 6.45) is 2.18. The number of aromatic nitrogens is 1. The van der Waals surface area contributed by atoms with E-state index in [0.29, 0.717) is 30.8 Å². The summed E-state index contributed by atoms with van der Waals surface area (Å²) in [6, 6.07) is 0.255. The molecule has 22 heavy (non-hydrogen) atoms. The zero-order valence-corrected chi connectivity index (χ0v) is 13.1. The molecule has 2 heterocycles. The normalized spacial score (nSPS) is 17.9. The number of nitrogens with zero attached hydrogens (tertiary/aromatic N) is 2. The molecule has 0 radical (unpaired) electrons. The Balaban J connectivity index is 1.72. The summed E-state index contributed by atoms with van der Waals surface area (Å²) in [5, 5.41) is 6.77. The van der Waals surface area contributed by atoms with Gasteiger partial charge in [0.2, 0.25) is 0 Å². The third-order valence-corrected chi connectivity index (χ3v) is 3.61. The molecule has 3 rings (SSSR count). The third-order valence-electron chi connectivity index (χ3n) is 3.61. The highest BCUT2D eigenvalue weighted by Crippen LogP contribution is 2.25. The number of nitrogens with one attached hydrogen (secondary N) is 1. The van der Waals surface area contributed by atoms with Crippen molar-refractivity contribution in [3.05, 3.63) is 17.0 Å². The molecule has 7 nitrogen and oxygen atoms in total. The topological polar surface area (TPSA) is 84.7 Å². The van der Waals surface area contributed by atoms with Crippen LogP contribution in [0.15, 0.2) is 4.52 Å². The first-order chi connectivity index (χ1) is 10.3. The number of fused-ring (bicyclic) bond motifs is 1. The average Bonchev–Trinajstić information content (AvgIpc) is 3.13. The van der Waals surface area contributed by atoms with Crippen molar-refractivity contribution in [1.82, 2.24) is 15.4 Å². The first-order valence-corrected chi connectivity index (χ1v) is 7.60. The molecule has 1 fully saturated rings. The molecule has 7 heteroatoms. The Kier molecular flexibility index (Phi) is 3.58. The van der Waals surface area contributed by atoms with E-state index in [4.69, 9.17) is 9.26 Å². The third kappa shape index (κ3) is 3.23. The molecular formula is C15H21N3O4. The van der Waals surface area contributed by atoms with Crippen LogP contribution in [0.25, 0.3) is 0 Å². The Labute approximate surface area is 129 Å². The summed E-state index contributed by atoms with van der Waals surface area (Å²) in [6.45, 7) is 6.28. The number of rotatable bonds is 2. The van der Waals surface area contributed by atoms with Crippen LogP contribution in [0.5, 0.6) is 0 Å². The van der Waals surface area contributed by atoms with Crippen LogP contribution in [0.1, 0.15) is 55.4 Å². The molecule has 120 valence electrons. The molecule has 0 spiro atoms. The Morgan fingerprint density at radius 1 is 1.36 bits per heavy atom. The molecule has 1 N–H and O–H groups in total. The van der Waals surface area contributed by atoms with Crippen molar-refractivity contribution in [2.75, 3.05) is 6.54 Å². The van der Waals surface area contributed by atoms with E-state index in [-0.39, 0.29) is 23.7 Å². The van der Waals surface area contributed by atoms with E-state index < -0.39 is 5.60 Å². The molecular weight excluding hydrogens is 286 g/mol. The summed E-state index contributed by atoms with van der Waals surface area (Å²) in [5.41, 5.74) is 0.434. The lowest BCUT2D eigenvalue weighted by Gasteiger charge is -2.29. The van der Waals surface area contributed by atoms with Crippen LogP contribution in [0, 0.1) is 0 Å². The first-order valence-electron chi connectivity index (χ1n) is 7.60. The minimum atomic E-state index is -0.543. The molecule has 1 saturated carbocycles. The van der Waals surface area contributed by atoms with E-state index in [1.807, 2.05) is 20.8 Å². The van der Waals surface area contributed by atoms with Gasteiger partial charge in [-0.25, -0.2) is 4.79 Å². The minimum absolute atomic E-state index is 0.224. The number of carbonyl (C=O) groups excluding carboxylic acids is 2. The lowest BCUT2D eigenvalue weighted by molar-refractivity contribution is 0.0218. The highest BCUT2D eigenvalue weighted by Gasteiger charge is 2.33. The molecule has 0 unspecified atom stereocenters. The number of carbonyl (C=O) groups is 2. The zero-order valence-electron chi connectivity index (χ0n) is 13.1. The van der Waals surface area contributed by atoms with Gasteiger partial charge in [-0.05, 0) is 33.6 Å². The highest BCUT2D eigenvalue weighted by molar-refractivity contribution is 5.94. The van der Waals surface area contributed by atoms with Crippen molar-refractivity contribution < 1.29 is 18.8 Å². The molecule has 1 aromatic heterocycles. The van der Waals surface area contributed by atoms with Gasteiger partial charge in [-0.3, -0.25) is 4.79 Å². The van der Waals surface area contributed by atoms with Crippen LogP contribution >= 0.6 is 0 Å². The van der Waals surface area contributed by atoms with Crippen LogP contribution in [-0.4, -0.2) is 40.2 Å². The van der Waals surface area contributed by atoms with E-state index in [0.717, 1.165) is 12.8 Å². The van der Waals surface area contributed by atoms with Crippen molar-refractivity contribution in [3.63, 3.8) is 0 Å². The quantitative estimate of drug-likeness (QED) is 0.901. The second-order valence-corrected chi connectivity index (χ2v) is 6.83. The van der Waals surface area contributed by atoms with E-state index in [9.17, 15) is 9.59 Å². The number of hydrogen-bond donors (Lipinski definition) is 1. The lowest BCUT2D eigenvalue weighted by atomic mass is 10.1. The van der Waals surface area contributed by atoms with Gasteiger partial charge in [0.05, 0.1) is 6.54 Å². The van der Waals surface area contributed by atoms with Gasteiger partial charge in [0.1, 0.15) is 11.4 Å². The highest BCUT2D eigenvalue weighted by atomic mass is 16.6. The van der Waals surface area contributed by atoms with Crippen molar-refractivity contribution in [3.8, 4) is 0 Å². The molecule has 0 saturated heterocycles. The molecule has 0 atom stereocenters. The standard InChI is InChI=1S/C15H21N3O4/c1-15(2,3)21-14(20)18-7-6-11-10(8-18)12(17-22-11)13(19)16-9-4-5-9/h9H,4-8H2,1-3H3,(H,16,19). The average molecular weight is 307 g/mol. The minimum Gasteiger partial charge on any atom is -0.444 e. The zero-order chi connectivity index (χ0) is 15.9. The van der Waals surface area contributed by atoms with Crippen LogP contribution in [-0.2, 0) is 17.7 Å². The predicted octanol–water partition coefficient (Wildman–Crippen LogP) is 1.86. The maximum atomic E-state index is 12.2. The van der Waals surface area contributed by atoms with Gasteiger partial charge in [-0.1, -0.05) is 5.16 Å². The molecule has 0 bridgehead atoms. The summed E-state index contributed by atoms with van der Waals surface area (Å²) < 4.78 is 10.6. The van der Waals surface area contributed by atoms with Crippen molar-refractivity contribution >= 4 is 12.0 Å². The number of ether oxygens (including phenoxy) is 1. The SMILES string of the molecule is CC(C)(C)OC(=O)N1CCc2onc(C(=O)NC3CC3)c2C1. The summed E-state index contributed by atoms with van der Waals surface area (Å²) in [7, 11) is 0. The first kappa shape index (κ1) is 14.9. The number of hydrogen-bond acceptors (Lipinski definition) is 5. The van der Waals surface area contributed by atoms with Crippen LogP contribution < -0.4 is 5.32 Å². The van der Waals surface area contributed by atoms with Crippen molar-refractivity contribution in [2.24, 2.45) is 0 Å². The van der Waals surface area contributed by atoms with E-state index in [1.54, 1.807) is 4.90 Å². The van der Waals surface area contributed by atoms with E-state index in [1.165, 1.54) is 0 Å². The van der Waals surface area contributed by atoms with E-state index in [2.05, 4.69) is 10.5 Å². The number of amides is 2. The van der Waals surface area contributed by atoms with Gasteiger partial charge in [0, 0.05) is 24.6 Å². The van der Waals surface area contributed by atoms with Gasteiger partial charge in [0.15, 0.2) is 5.69 Å². The molecule has 2 aliphatic rings. The predicted molar refractivity (Wildman–Crippen MR) is 77.3 cm³/mol. The second-order valence-electron chi connectivity index (χ2n) is 6.83. The Hall–Kier alpha value is -2.05. The Bertz CT molecular complexity index is 598. The summed E-state index contributed by atoms with van der Waals surface area (Å²) in [5.74, 6) is 0.458. The Morgan fingerprint density at radius 3 is 2.73 bits per heavy atom. The molecule has 2 amide bonds. The van der Waals surface area contributed by atoms with Gasteiger partial charge >= 0.3 is 6.09 Å². The maximum absolute atomic E-state index is 12.2. The van der Waals surface area contributed by atoms with Gasteiger partial charge < -0.3 is 19.5 Å². The fourth-order valence-corrected chi connectivity index (χ4v) is 2.35. The van der Waals surface area contributed by atoms with Crippen LogP contribution in [0.2, 0.25) is 0 Å². The smallest absolute Gasteiger partial charge is 0.410 e. The molecule has 0 aromatic carbocycles. The van der Waals surface area contributed by atoms with Gasteiger partial charge in [-0.2, -0.15) is 0 Å². The van der Waals surface area contributed by atoms with Crippen LogP contribution in [0.3, 0.4) is 0 Å². The van der Waals surface area contributed by atoms with Gasteiger partial charge in [-0.15, -0.1) is 0 Å². The largest absolute Gasteiger partial charge is 0.444 e. The maximum Gasteiger partial charge on any atom is 0.410 e. The second kappa shape index (κ2) is 5.30. The lowest BCUT2D eigenvalue weighted by Crippen LogP contribution is -2.40. The van der Waals surface area contributed by atoms with Crippen molar-refractivity contribution in [1.29, 1.82) is 0 Å².